The van der Waals surface area contributed by atoms with Crippen molar-refractivity contribution in [3.05, 3.63) is 191 Å². The summed E-state index contributed by atoms with van der Waals surface area (Å²) in [5.74, 6) is 0. The Bertz CT molecular complexity index is 2260. The van der Waals surface area contributed by atoms with E-state index in [1.165, 1.54) is 55.7 Å². The van der Waals surface area contributed by atoms with Crippen molar-refractivity contribution in [3.8, 4) is 0 Å². The van der Waals surface area contributed by atoms with Gasteiger partial charge in [-0.05, 0) is 144 Å². The predicted molar refractivity (Wildman–Crippen MR) is 226 cm³/mol. The van der Waals surface area contributed by atoms with Crippen molar-refractivity contribution in [1.29, 1.82) is 0 Å². The molecule has 0 amide bonds. The van der Waals surface area contributed by atoms with Crippen molar-refractivity contribution in [2.75, 3.05) is 9.80 Å². The van der Waals surface area contributed by atoms with Crippen LogP contribution >= 0.6 is 0 Å². The normalized spacial score (nSPS) is 11.7. The van der Waals surface area contributed by atoms with Crippen LogP contribution < -0.4 is 9.80 Å². The van der Waals surface area contributed by atoms with Gasteiger partial charge in [0, 0.05) is 33.8 Å². The molecule has 0 N–H and O–H groups in total. The smallest absolute Gasteiger partial charge is 0.0540 e. The SMILES string of the molecule is Cc1cc(C)cc(N(c2ccc(C=Cc3ccc(N(c4ccc(C(C)(C)C)cc4)c4cccc5ccccc45)cc3)cc2)c2cc(C)cc(C)c2)c1. The van der Waals surface area contributed by atoms with Crippen LogP contribution in [0.1, 0.15) is 59.7 Å². The molecule has 7 rings (SSSR count). The molecule has 258 valence electrons. The second kappa shape index (κ2) is 14.4. The van der Waals surface area contributed by atoms with Gasteiger partial charge in [0.05, 0.1) is 5.69 Å². The van der Waals surface area contributed by atoms with Crippen LogP contribution in [0, 0.1) is 27.7 Å². The van der Waals surface area contributed by atoms with Gasteiger partial charge in [0.15, 0.2) is 0 Å². The summed E-state index contributed by atoms with van der Waals surface area (Å²) in [6, 6.07) is 55.5. The topological polar surface area (TPSA) is 6.48 Å². The number of anilines is 6. The summed E-state index contributed by atoms with van der Waals surface area (Å²) in [5, 5.41) is 2.46. The maximum Gasteiger partial charge on any atom is 0.0540 e. The summed E-state index contributed by atoms with van der Waals surface area (Å²) in [4.78, 5) is 4.74. The fourth-order valence-electron chi connectivity index (χ4n) is 7.21. The highest BCUT2D eigenvalue weighted by Crippen LogP contribution is 2.40. The molecule has 0 aliphatic carbocycles. The van der Waals surface area contributed by atoms with Gasteiger partial charge in [0.2, 0.25) is 0 Å². The van der Waals surface area contributed by atoms with Crippen molar-refractivity contribution in [3.63, 3.8) is 0 Å². The zero-order valence-corrected chi connectivity index (χ0v) is 31.5. The molecule has 2 nitrogen and oxygen atoms in total. The predicted octanol–water partition coefficient (Wildman–Crippen LogP) is 14.5. The fraction of sp³-hybridized carbons (Fsp3) is 0.160. The quantitative estimate of drug-likeness (QED) is 0.148. The maximum atomic E-state index is 2.37. The minimum Gasteiger partial charge on any atom is -0.310 e. The van der Waals surface area contributed by atoms with E-state index in [2.05, 4.69) is 222 Å². The van der Waals surface area contributed by atoms with Crippen LogP contribution in [0.25, 0.3) is 22.9 Å². The molecule has 0 heterocycles. The molecule has 0 aliphatic rings. The largest absolute Gasteiger partial charge is 0.310 e. The van der Waals surface area contributed by atoms with Crippen LogP contribution in [0.3, 0.4) is 0 Å². The van der Waals surface area contributed by atoms with E-state index in [-0.39, 0.29) is 5.41 Å². The second-order valence-corrected chi connectivity index (χ2v) is 15.2. The van der Waals surface area contributed by atoms with E-state index in [0.717, 1.165) is 28.2 Å². The average Bonchev–Trinajstić information content (AvgIpc) is 3.11. The van der Waals surface area contributed by atoms with E-state index < -0.39 is 0 Å². The number of hydrogen-bond donors (Lipinski definition) is 0. The van der Waals surface area contributed by atoms with Gasteiger partial charge in [0.25, 0.3) is 0 Å². The van der Waals surface area contributed by atoms with Crippen molar-refractivity contribution < 1.29 is 0 Å². The minimum absolute atomic E-state index is 0.0940. The Labute approximate surface area is 310 Å². The van der Waals surface area contributed by atoms with Gasteiger partial charge in [-0.2, -0.15) is 0 Å². The third-order valence-corrected chi connectivity index (χ3v) is 9.70. The zero-order chi connectivity index (χ0) is 36.4. The summed E-state index contributed by atoms with van der Waals surface area (Å²) in [7, 11) is 0. The third-order valence-electron chi connectivity index (χ3n) is 9.70. The molecule has 0 unspecified atom stereocenters. The van der Waals surface area contributed by atoms with Gasteiger partial charge in [-0.15, -0.1) is 0 Å². The molecule has 0 saturated heterocycles. The molecular weight excluding hydrogens is 629 g/mol. The minimum atomic E-state index is 0.0940. The molecule has 0 saturated carbocycles. The molecule has 0 bridgehead atoms. The van der Waals surface area contributed by atoms with Crippen LogP contribution in [0.5, 0.6) is 0 Å². The summed E-state index contributed by atoms with van der Waals surface area (Å²) >= 11 is 0. The first-order chi connectivity index (χ1) is 25.0. The average molecular weight is 677 g/mol. The van der Waals surface area contributed by atoms with Crippen LogP contribution in [0.2, 0.25) is 0 Å². The molecule has 0 aromatic heterocycles. The lowest BCUT2D eigenvalue weighted by Crippen LogP contribution is -2.13. The van der Waals surface area contributed by atoms with Gasteiger partial charge in [-0.3, -0.25) is 0 Å². The third kappa shape index (κ3) is 7.57. The first kappa shape index (κ1) is 34.6. The molecule has 0 radical (unpaired) electrons. The van der Waals surface area contributed by atoms with Gasteiger partial charge < -0.3 is 9.80 Å². The van der Waals surface area contributed by atoms with Gasteiger partial charge >= 0.3 is 0 Å². The monoisotopic (exact) mass is 676 g/mol. The Balaban J connectivity index is 1.18. The van der Waals surface area contributed by atoms with Gasteiger partial charge in [-0.1, -0.05) is 118 Å². The van der Waals surface area contributed by atoms with E-state index >= 15 is 0 Å². The lowest BCUT2D eigenvalue weighted by atomic mass is 9.87. The van der Waals surface area contributed by atoms with Crippen LogP contribution in [-0.4, -0.2) is 0 Å². The Morgan fingerprint density at radius 3 is 1.31 bits per heavy atom. The molecular formula is C50H48N2. The Kier molecular flexibility index (Phi) is 9.58. The Morgan fingerprint density at radius 1 is 0.404 bits per heavy atom. The molecule has 0 atom stereocenters. The highest BCUT2D eigenvalue weighted by Gasteiger charge is 2.18. The lowest BCUT2D eigenvalue weighted by molar-refractivity contribution is 0.590. The van der Waals surface area contributed by atoms with Crippen LogP contribution in [0.4, 0.5) is 34.1 Å². The summed E-state index contributed by atoms with van der Waals surface area (Å²) in [6.07, 6.45) is 4.40. The highest BCUT2D eigenvalue weighted by molar-refractivity contribution is 5.99. The lowest BCUT2D eigenvalue weighted by Gasteiger charge is -2.28. The van der Waals surface area contributed by atoms with Crippen molar-refractivity contribution >= 4 is 57.0 Å². The summed E-state index contributed by atoms with van der Waals surface area (Å²) < 4.78 is 0. The van der Waals surface area contributed by atoms with E-state index in [4.69, 9.17) is 0 Å². The van der Waals surface area contributed by atoms with Crippen molar-refractivity contribution in [1.82, 2.24) is 0 Å². The van der Waals surface area contributed by atoms with Crippen LogP contribution in [0.15, 0.2) is 152 Å². The number of fused-ring (bicyclic) bond motifs is 1. The van der Waals surface area contributed by atoms with Crippen LogP contribution in [-0.2, 0) is 5.41 Å². The Morgan fingerprint density at radius 2 is 0.827 bits per heavy atom. The van der Waals surface area contributed by atoms with Gasteiger partial charge in [-0.25, -0.2) is 0 Å². The van der Waals surface area contributed by atoms with Crippen molar-refractivity contribution in [2.24, 2.45) is 0 Å². The fourth-order valence-corrected chi connectivity index (χ4v) is 7.21. The zero-order valence-electron chi connectivity index (χ0n) is 31.5. The highest BCUT2D eigenvalue weighted by atomic mass is 15.1. The number of nitrogens with zero attached hydrogens (tertiary/aromatic N) is 2. The summed E-state index contributed by atoms with van der Waals surface area (Å²) in [6.45, 7) is 15.5. The van der Waals surface area contributed by atoms with E-state index in [0.29, 0.717) is 0 Å². The first-order valence-corrected chi connectivity index (χ1v) is 18.3. The van der Waals surface area contributed by atoms with Gasteiger partial charge in [0.1, 0.15) is 0 Å². The number of hydrogen-bond acceptors (Lipinski definition) is 2. The van der Waals surface area contributed by atoms with E-state index in [9.17, 15) is 0 Å². The maximum absolute atomic E-state index is 2.37. The molecule has 0 fully saturated rings. The second-order valence-electron chi connectivity index (χ2n) is 15.2. The molecule has 2 heteroatoms. The van der Waals surface area contributed by atoms with Crippen molar-refractivity contribution in [2.45, 2.75) is 53.9 Å². The molecule has 52 heavy (non-hydrogen) atoms. The molecule has 0 spiro atoms. The number of aryl methyl sites for hydroxylation is 4. The number of rotatable bonds is 8. The molecule has 0 aliphatic heterocycles. The first-order valence-electron chi connectivity index (χ1n) is 18.3. The van der Waals surface area contributed by atoms with E-state index in [1.807, 2.05) is 0 Å². The molecule has 7 aromatic rings. The Hall–Kier alpha value is -5.86. The summed E-state index contributed by atoms with van der Waals surface area (Å²) in [5.41, 5.74) is 15.7. The number of benzene rings is 7. The molecule has 7 aromatic carbocycles. The standard InChI is InChI=1S/C50H48N2/c1-35-29-36(2)32-46(31-35)51(47-33-37(3)30-38(4)34-47)43-23-17-39(18-24-43)15-16-40-19-25-44(26-20-40)52(45-27-21-42(22-28-45)50(5,6)7)49-14-10-12-41-11-8-9-13-48(41)49/h8-34H,1-7H3. The van der Waals surface area contributed by atoms with E-state index in [1.54, 1.807) is 0 Å².